The monoisotopic (exact) mass is 288 g/mol. The number of hydrogen-bond donors (Lipinski definition) is 2. The van der Waals surface area contributed by atoms with Gasteiger partial charge in [0.15, 0.2) is 0 Å². The lowest BCUT2D eigenvalue weighted by molar-refractivity contribution is 0.0866. The van der Waals surface area contributed by atoms with Crippen molar-refractivity contribution in [2.75, 3.05) is 20.3 Å². The van der Waals surface area contributed by atoms with Crippen molar-refractivity contribution in [3.8, 4) is 17.6 Å². The number of ether oxygens (including phenoxy) is 2. The summed E-state index contributed by atoms with van der Waals surface area (Å²) < 4.78 is 10.7. The number of hydrogen-bond acceptors (Lipinski definition) is 4. The third kappa shape index (κ3) is 3.75. The molecule has 2 rings (SSSR count). The van der Waals surface area contributed by atoms with E-state index in [4.69, 9.17) is 15.2 Å². The zero-order valence-corrected chi connectivity index (χ0v) is 12.3. The van der Waals surface area contributed by atoms with E-state index in [0.717, 1.165) is 6.42 Å². The number of benzene rings is 1. The van der Waals surface area contributed by atoms with Gasteiger partial charge in [0, 0.05) is 12.2 Å². The SMILES string of the molecule is COc1ccc(C(=O)NC2CCOC2C)cc1C#CCN. The molecule has 0 bridgehead atoms. The molecule has 0 saturated carbocycles. The van der Waals surface area contributed by atoms with E-state index < -0.39 is 0 Å². The lowest BCUT2D eigenvalue weighted by Gasteiger charge is -2.16. The summed E-state index contributed by atoms with van der Waals surface area (Å²) in [6.45, 7) is 2.91. The molecule has 0 aliphatic carbocycles. The van der Waals surface area contributed by atoms with Crippen molar-refractivity contribution in [3.63, 3.8) is 0 Å². The van der Waals surface area contributed by atoms with Crippen LogP contribution in [0, 0.1) is 11.8 Å². The smallest absolute Gasteiger partial charge is 0.251 e. The number of nitrogens with one attached hydrogen (secondary N) is 1. The van der Waals surface area contributed by atoms with Gasteiger partial charge in [-0.15, -0.1) is 0 Å². The lowest BCUT2D eigenvalue weighted by atomic mass is 10.1. The average molecular weight is 288 g/mol. The molecule has 2 atom stereocenters. The maximum Gasteiger partial charge on any atom is 0.251 e. The fraction of sp³-hybridized carbons (Fsp3) is 0.438. The van der Waals surface area contributed by atoms with Gasteiger partial charge in [0.25, 0.3) is 5.91 Å². The van der Waals surface area contributed by atoms with E-state index in [0.29, 0.717) is 23.5 Å². The highest BCUT2D eigenvalue weighted by atomic mass is 16.5. The topological polar surface area (TPSA) is 73.6 Å². The van der Waals surface area contributed by atoms with E-state index in [1.165, 1.54) is 0 Å². The van der Waals surface area contributed by atoms with Gasteiger partial charge >= 0.3 is 0 Å². The third-order valence-corrected chi connectivity index (χ3v) is 3.48. The van der Waals surface area contributed by atoms with Crippen LogP contribution < -0.4 is 15.8 Å². The summed E-state index contributed by atoms with van der Waals surface area (Å²) in [6.07, 6.45) is 0.881. The lowest BCUT2D eigenvalue weighted by Crippen LogP contribution is -2.39. The van der Waals surface area contributed by atoms with Crippen LogP contribution in [0.4, 0.5) is 0 Å². The highest BCUT2D eigenvalue weighted by Gasteiger charge is 2.26. The first-order chi connectivity index (χ1) is 10.2. The summed E-state index contributed by atoms with van der Waals surface area (Å²) in [7, 11) is 1.57. The van der Waals surface area contributed by atoms with Crippen LogP contribution in [0.5, 0.6) is 5.75 Å². The van der Waals surface area contributed by atoms with Crippen LogP contribution in [0.15, 0.2) is 18.2 Å². The second-order valence-corrected chi connectivity index (χ2v) is 4.87. The highest BCUT2D eigenvalue weighted by molar-refractivity contribution is 5.95. The second-order valence-electron chi connectivity index (χ2n) is 4.87. The van der Waals surface area contributed by atoms with Crippen molar-refractivity contribution in [1.82, 2.24) is 5.32 Å². The van der Waals surface area contributed by atoms with E-state index in [2.05, 4.69) is 17.2 Å². The summed E-state index contributed by atoms with van der Waals surface area (Å²) in [5.74, 6) is 6.19. The van der Waals surface area contributed by atoms with Crippen LogP contribution in [0.1, 0.15) is 29.3 Å². The van der Waals surface area contributed by atoms with Gasteiger partial charge in [0.05, 0.1) is 31.4 Å². The van der Waals surface area contributed by atoms with Crippen LogP contribution in [-0.2, 0) is 4.74 Å². The maximum atomic E-state index is 12.3. The molecule has 1 heterocycles. The molecule has 112 valence electrons. The Morgan fingerprint density at radius 1 is 1.57 bits per heavy atom. The zero-order valence-electron chi connectivity index (χ0n) is 12.3. The molecule has 1 aliphatic heterocycles. The zero-order chi connectivity index (χ0) is 15.2. The maximum absolute atomic E-state index is 12.3. The average Bonchev–Trinajstić information content (AvgIpc) is 2.90. The van der Waals surface area contributed by atoms with Crippen molar-refractivity contribution < 1.29 is 14.3 Å². The number of amides is 1. The molecule has 0 spiro atoms. The molecule has 0 radical (unpaired) electrons. The Labute approximate surface area is 124 Å². The minimum Gasteiger partial charge on any atom is -0.495 e. The van der Waals surface area contributed by atoms with Crippen molar-refractivity contribution in [3.05, 3.63) is 29.3 Å². The quantitative estimate of drug-likeness (QED) is 0.811. The Hall–Kier alpha value is -2.03. The summed E-state index contributed by atoms with van der Waals surface area (Å²) in [5.41, 5.74) is 6.59. The summed E-state index contributed by atoms with van der Waals surface area (Å²) in [5, 5.41) is 2.99. The Balaban J connectivity index is 2.17. The fourth-order valence-corrected chi connectivity index (χ4v) is 2.27. The number of nitrogens with two attached hydrogens (primary N) is 1. The Morgan fingerprint density at radius 3 is 3.00 bits per heavy atom. The highest BCUT2D eigenvalue weighted by Crippen LogP contribution is 2.20. The van der Waals surface area contributed by atoms with Crippen molar-refractivity contribution in [1.29, 1.82) is 0 Å². The Bertz CT molecular complexity index is 575. The minimum atomic E-state index is -0.129. The fourth-order valence-electron chi connectivity index (χ4n) is 2.27. The van der Waals surface area contributed by atoms with Crippen molar-refractivity contribution in [2.45, 2.75) is 25.5 Å². The van der Waals surface area contributed by atoms with Gasteiger partial charge in [-0.3, -0.25) is 4.79 Å². The van der Waals surface area contributed by atoms with E-state index >= 15 is 0 Å². The molecule has 2 unspecified atom stereocenters. The molecule has 1 fully saturated rings. The van der Waals surface area contributed by atoms with E-state index in [-0.39, 0.29) is 24.6 Å². The van der Waals surface area contributed by atoms with Gasteiger partial charge in [-0.2, -0.15) is 0 Å². The van der Waals surface area contributed by atoms with Gasteiger partial charge < -0.3 is 20.5 Å². The molecule has 0 aromatic heterocycles. The number of carbonyl (C=O) groups excluding carboxylic acids is 1. The number of methoxy groups -OCH3 is 1. The van der Waals surface area contributed by atoms with Crippen LogP contribution in [0.25, 0.3) is 0 Å². The summed E-state index contributed by atoms with van der Waals surface area (Å²) in [4.78, 5) is 12.3. The summed E-state index contributed by atoms with van der Waals surface area (Å²) >= 11 is 0. The molecule has 3 N–H and O–H groups in total. The molecule has 5 nitrogen and oxygen atoms in total. The molecule has 1 aromatic rings. The first kappa shape index (κ1) is 15.4. The molecule has 1 amide bonds. The van der Waals surface area contributed by atoms with Crippen LogP contribution in [0.3, 0.4) is 0 Å². The van der Waals surface area contributed by atoms with Crippen LogP contribution in [0.2, 0.25) is 0 Å². The second kappa shape index (κ2) is 7.11. The number of rotatable bonds is 3. The first-order valence-electron chi connectivity index (χ1n) is 6.95. The van der Waals surface area contributed by atoms with Crippen LogP contribution >= 0.6 is 0 Å². The first-order valence-corrected chi connectivity index (χ1v) is 6.95. The van der Waals surface area contributed by atoms with E-state index in [1.54, 1.807) is 25.3 Å². The standard InChI is InChI=1S/C16H20N2O3/c1-11-14(7-9-21-11)18-16(19)13-5-6-15(20-2)12(10-13)4-3-8-17/h5-6,10-11,14H,7-9,17H2,1-2H3,(H,18,19). The van der Waals surface area contributed by atoms with Crippen LogP contribution in [-0.4, -0.2) is 38.3 Å². The predicted octanol–water partition coefficient (Wildman–Crippen LogP) is 0.913. The molecular weight excluding hydrogens is 268 g/mol. The molecule has 1 aromatic carbocycles. The molecule has 1 saturated heterocycles. The molecule has 21 heavy (non-hydrogen) atoms. The van der Waals surface area contributed by atoms with Gasteiger partial charge in [0.2, 0.25) is 0 Å². The van der Waals surface area contributed by atoms with Gasteiger partial charge in [-0.05, 0) is 31.5 Å². The minimum absolute atomic E-state index is 0.0451. The van der Waals surface area contributed by atoms with Crippen molar-refractivity contribution in [2.24, 2.45) is 5.73 Å². The molecule has 5 heteroatoms. The van der Waals surface area contributed by atoms with E-state index in [1.807, 2.05) is 6.92 Å². The van der Waals surface area contributed by atoms with Gasteiger partial charge in [-0.25, -0.2) is 0 Å². The predicted molar refractivity (Wildman–Crippen MR) is 80.2 cm³/mol. The Morgan fingerprint density at radius 2 is 2.38 bits per heavy atom. The third-order valence-electron chi connectivity index (χ3n) is 3.48. The van der Waals surface area contributed by atoms with Gasteiger partial charge in [0.1, 0.15) is 5.75 Å². The van der Waals surface area contributed by atoms with E-state index in [9.17, 15) is 4.79 Å². The van der Waals surface area contributed by atoms with Gasteiger partial charge in [-0.1, -0.05) is 11.8 Å². The normalized spacial score (nSPS) is 20.5. The largest absolute Gasteiger partial charge is 0.495 e. The Kier molecular flexibility index (Phi) is 5.20. The molecular formula is C16H20N2O3. The molecule has 1 aliphatic rings. The van der Waals surface area contributed by atoms with Crippen molar-refractivity contribution >= 4 is 5.91 Å². The summed E-state index contributed by atoms with van der Waals surface area (Å²) in [6, 6.07) is 5.24. The number of carbonyl (C=O) groups is 1.